The van der Waals surface area contributed by atoms with Crippen LogP contribution in [0.4, 0.5) is 4.79 Å². The number of methoxy groups -OCH3 is 1. The molecule has 4 aliphatic rings. The van der Waals surface area contributed by atoms with Gasteiger partial charge in [-0.1, -0.05) is 0 Å². The van der Waals surface area contributed by atoms with Gasteiger partial charge in [-0.15, -0.1) is 0 Å². The van der Waals surface area contributed by atoms with E-state index in [1.54, 1.807) is 0 Å². The molecule has 0 aromatic carbocycles. The van der Waals surface area contributed by atoms with Crippen LogP contribution in [0.3, 0.4) is 0 Å². The molecule has 6 heteroatoms. The Kier molecular flexibility index (Phi) is 4.21. The molecular formula is C19H31N3O3. The summed E-state index contributed by atoms with van der Waals surface area (Å²) >= 11 is 0. The maximum Gasteiger partial charge on any atom is 0.409 e. The highest BCUT2D eigenvalue weighted by atomic mass is 16.5. The van der Waals surface area contributed by atoms with Crippen LogP contribution in [0.15, 0.2) is 0 Å². The highest BCUT2D eigenvalue weighted by molar-refractivity contribution is 5.82. The van der Waals surface area contributed by atoms with Crippen LogP contribution >= 0.6 is 0 Å². The first-order valence-electron chi connectivity index (χ1n) is 9.87. The van der Waals surface area contributed by atoms with Crippen molar-refractivity contribution in [3.8, 4) is 0 Å². The van der Waals surface area contributed by atoms with Crippen molar-refractivity contribution in [3.63, 3.8) is 0 Å². The molecule has 0 aromatic rings. The van der Waals surface area contributed by atoms with E-state index in [0.717, 1.165) is 45.7 Å². The molecule has 1 spiro atoms. The molecule has 140 valence electrons. The molecule has 4 fully saturated rings. The van der Waals surface area contributed by atoms with Gasteiger partial charge in [0.2, 0.25) is 5.91 Å². The second kappa shape index (κ2) is 6.15. The molecule has 0 N–H and O–H groups in total. The Morgan fingerprint density at radius 3 is 2.36 bits per heavy atom. The predicted octanol–water partition coefficient (Wildman–Crippen LogP) is 1.65. The summed E-state index contributed by atoms with van der Waals surface area (Å²) in [5.74, 6) is 1.88. The number of hydrogen-bond donors (Lipinski definition) is 0. The summed E-state index contributed by atoms with van der Waals surface area (Å²) in [5, 5.41) is 0. The van der Waals surface area contributed by atoms with Crippen molar-refractivity contribution in [2.45, 2.75) is 39.2 Å². The van der Waals surface area contributed by atoms with Crippen molar-refractivity contribution in [2.24, 2.45) is 23.2 Å². The smallest absolute Gasteiger partial charge is 0.409 e. The Balaban J connectivity index is 1.25. The van der Waals surface area contributed by atoms with Crippen LogP contribution in [-0.4, -0.2) is 79.1 Å². The monoisotopic (exact) mass is 349 g/mol. The zero-order valence-electron chi connectivity index (χ0n) is 15.7. The number of ether oxygens (including phenoxy) is 1. The maximum atomic E-state index is 12.5. The second-order valence-corrected chi connectivity index (χ2v) is 8.52. The second-order valence-electron chi connectivity index (χ2n) is 8.52. The zero-order chi connectivity index (χ0) is 17.8. The number of piperidine rings is 1. The molecule has 0 aromatic heterocycles. The minimum atomic E-state index is -0.180. The SMILES string of the molecule is CCN(CC)C(=O)C1C2CN(C3CC4(CCN(C(=O)OC)C4)C3)CC21. The van der Waals surface area contributed by atoms with Gasteiger partial charge in [-0.25, -0.2) is 4.79 Å². The minimum Gasteiger partial charge on any atom is -0.453 e. The van der Waals surface area contributed by atoms with Gasteiger partial charge >= 0.3 is 6.09 Å². The van der Waals surface area contributed by atoms with Crippen molar-refractivity contribution in [3.05, 3.63) is 0 Å². The fourth-order valence-corrected chi connectivity index (χ4v) is 5.72. The molecule has 4 rings (SSSR count). The predicted molar refractivity (Wildman–Crippen MR) is 94.0 cm³/mol. The number of rotatable bonds is 4. The molecule has 2 saturated carbocycles. The standard InChI is InChI=1S/C19H31N3O3/c1-4-20(5-2)17(23)16-14-10-22(11-15(14)16)13-8-19(9-13)6-7-21(12-19)18(24)25-3/h13-16H,4-12H2,1-3H3. The summed E-state index contributed by atoms with van der Waals surface area (Å²) in [6.07, 6.45) is 3.34. The topological polar surface area (TPSA) is 53.1 Å². The molecular weight excluding hydrogens is 318 g/mol. The van der Waals surface area contributed by atoms with Crippen LogP contribution in [0.5, 0.6) is 0 Å². The third-order valence-electron chi connectivity index (χ3n) is 7.31. The van der Waals surface area contributed by atoms with Crippen LogP contribution in [0.25, 0.3) is 0 Å². The molecule has 0 radical (unpaired) electrons. The summed E-state index contributed by atoms with van der Waals surface area (Å²) in [6, 6.07) is 0.662. The number of fused-ring (bicyclic) bond motifs is 1. The zero-order valence-corrected chi connectivity index (χ0v) is 15.7. The van der Waals surface area contributed by atoms with Gasteiger partial charge in [-0.3, -0.25) is 9.69 Å². The normalized spacial score (nSPS) is 39.2. The maximum absolute atomic E-state index is 12.5. The lowest BCUT2D eigenvalue weighted by molar-refractivity contribution is -0.133. The Morgan fingerprint density at radius 1 is 1.16 bits per heavy atom. The molecule has 6 nitrogen and oxygen atoms in total. The van der Waals surface area contributed by atoms with Crippen LogP contribution in [0.2, 0.25) is 0 Å². The molecule has 2 saturated heterocycles. The van der Waals surface area contributed by atoms with Gasteiger partial charge in [0.25, 0.3) is 0 Å². The van der Waals surface area contributed by atoms with Crippen molar-refractivity contribution < 1.29 is 14.3 Å². The summed E-state index contributed by atoms with van der Waals surface area (Å²) in [6.45, 7) is 9.70. The van der Waals surface area contributed by atoms with E-state index in [-0.39, 0.29) is 6.09 Å². The lowest BCUT2D eigenvalue weighted by Crippen LogP contribution is -2.52. The van der Waals surface area contributed by atoms with Crippen molar-refractivity contribution >= 4 is 12.0 Å². The van der Waals surface area contributed by atoms with Crippen LogP contribution in [0, 0.1) is 23.2 Å². The van der Waals surface area contributed by atoms with E-state index in [1.807, 2.05) is 9.80 Å². The highest BCUT2D eigenvalue weighted by Gasteiger charge is 2.62. The first-order chi connectivity index (χ1) is 12.0. The molecule has 25 heavy (non-hydrogen) atoms. The summed E-state index contributed by atoms with van der Waals surface area (Å²) < 4.78 is 4.86. The minimum absolute atomic E-state index is 0.180. The van der Waals surface area contributed by atoms with Gasteiger partial charge in [-0.2, -0.15) is 0 Å². The van der Waals surface area contributed by atoms with Gasteiger partial charge in [0.15, 0.2) is 0 Å². The Hall–Kier alpha value is -1.30. The summed E-state index contributed by atoms with van der Waals surface area (Å²) in [5.41, 5.74) is 0.335. The quantitative estimate of drug-likeness (QED) is 0.774. The number of amides is 2. The van der Waals surface area contributed by atoms with Gasteiger partial charge in [0.1, 0.15) is 0 Å². The van der Waals surface area contributed by atoms with E-state index in [4.69, 9.17) is 4.74 Å². The summed E-state index contributed by atoms with van der Waals surface area (Å²) in [4.78, 5) is 30.7. The Labute approximate surface area is 150 Å². The average molecular weight is 349 g/mol. The van der Waals surface area contributed by atoms with Gasteiger partial charge in [0.05, 0.1) is 7.11 Å². The van der Waals surface area contributed by atoms with E-state index in [1.165, 1.54) is 20.0 Å². The van der Waals surface area contributed by atoms with E-state index in [2.05, 4.69) is 18.7 Å². The molecule has 2 aliphatic heterocycles. The number of likely N-dealkylation sites (tertiary alicyclic amines) is 2. The van der Waals surface area contributed by atoms with E-state index in [9.17, 15) is 9.59 Å². The number of carbonyl (C=O) groups excluding carboxylic acids is 2. The van der Waals surface area contributed by atoms with Gasteiger partial charge in [-0.05, 0) is 50.4 Å². The lowest BCUT2D eigenvalue weighted by Gasteiger charge is -2.49. The summed E-state index contributed by atoms with van der Waals surface area (Å²) in [7, 11) is 1.46. The molecule has 2 unspecified atom stereocenters. The van der Waals surface area contributed by atoms with E-state index < -0.39 is 0 Å². The van der Waals surface area contributed by atoms with Crippen LogP contribution < -0.4 is 0 Å². The fourth-order valence-electron chi connectivity index (χ4n) is 5.72. The molecule has 0 bridgehead atoms. The van der Waals surface area contributed by atoms with E-state index >= 15 is 0 Å². The van der Waals surface area contributed by atoms with Gasteiger partial charge in [0, 0.05) is 51.2 Å². The average Bonchev–Trinajstić information content (AvgIpc) is 2.94. The fraction of sp³-hybridized carbons (Fsp3) is 0.895. The highest BCUT2D eigenvalue weighted by Crippen LogP contribution is 2.57. The number of carbonyl (C=O) groups is 2. The van der Waals surface area contributed by atoms with Crippen molar-refractivity contribution in [2.75, 3.05) is 46.4 Å². The number of hydrogen-bond acceptors (Lipinski definition) is 4. The molecule has 2 aliphatic carbocycles. The number of nitrogens with zero attached hydrogens (tertiary/aromatic N) is 3. The van der Waals surface area contributed by atoms with Crippen LogP contribution in [-0.2, 0) is 9.53 Å². The van der Waals surface area contributed by atoms with Gasteiger partial charge < -0.3 is 14.5 Å². The van der Waals surface area contributed by atoms with Crippen molar-refractivity contribution in [1.29, 1.82) is 0 Å². The Bertz CT molecular complexity index is 544. The molecule has 2 heterocycles. The largest absolute Gasteiger partial charge is 0.453 e. The Morgan fingerprint density at radius 2 is 1.80 bits per heavy atom. The van der Waals surface area contributed by atoms with Crippen molar-refractivity contribution in [1.82, 2.24) is 14.7 Å². The lowest BCUT2D eigenvalue weighted by atomic mass is 9.64. The molecule has 2 amide bonds. The van der Waals surface area contributed by atoms with E-state index in [0.29, 0.717) is 35.1 Å². The van der Waals surface area contributed by atoms with Crippen LogP contribution in [0.1, 0.15) is 33.1 Å². The molecule has 2 atom stereocenters. The third kappa shape index (κ3) is 2.73. The third-order valence-corrected chi connectivity index (χ3v) is 7.31. The first-order valence-corrected chi connectivity index (χ1v) is 9.87. The first kappa shape index (κ1) is 17.1.